The first-order chi connectivity index (χ1) is 9.51. The average molecular weight is 310 g/mol. The standard InChI is InChI=1S/C15H17Cl2N3/c1-4-18-9(2)14-8-19-15(20-10(14)3)11-5-12(16)7-13(17)6-11/h5-9,18H,4H2,1-3H3. The first-order valence-electron chi connectivity index (χ1n) is 6.54. The van der Waals surface area contributed by atoms with E-state index < -0.39 is 0 Å². The Bertz CT molecular complexity index is 594. The third-order valence-corrected chi connectivity index (χ3v) is 3.55. The number of aryl methyl sites for hydroxylation is 1. The van der Waals surface area contributed by atoms with Gasteiger partial charge < -0.3 is 5.32 Å². The summed E-state index contributed by atoms with van der Waals surface area (Å²) in [5.74, 6) is 0.638. The third-order valence-electron chi connectivity index (χ3n) is 3.11. The fourth-order valence-corrected chi connectivity index (χ4v) is 2.67. The molecule has 0 bridgehead atoms. The number of aromatic nitrogens is 2. The van der Waals surface area contributed by atoms with Crippen molar-refractivity contribution in [1.82, 2.24) is 15.3 Å². The summed E-state index contributed by atoms with van der Waals surface area (Å²) in [6, 6.07) is 5.56. The monoisotopic (exact) mass is 309 g/mol. The molecule has 2 aromatic rings. The van der Waals surface area contributed by atoms with Crippen LogP contribution in [0, 0.1) is 6.92 Å². The molecule has 0 spiro atoms. The van der Waals surface area contributed by atoms with Crippen molar-refractivity contribution in [2.24, 2.45) is 0 Å². The molecule has 0 aliphatic rings. The summed E-state index contributed by atoms with van der Waals surface area (Å²) >= 11 is 12.0. The minimum absolute atomic E-state index is 0.233. The number of nitrogens with zero attached hydrogens (tertiary/aromatic N) is 2. The van der Waals surface area contributed by atoms with Crippen LogP contribution in [0.5, 0.6) is 0 Å². The molecule has 1 aromatic carbocycles. The van der Waals surface area contributed by atoms with Crippen molar-refractivity contribution in [2.75, 3.05) is 6.54 Å². The minimum atomic E-state index is 0.233. The minimum Gasteiger partial charge on any atom is -0.310 e. The van der Waals surface area contributed by atoms with Gasteiger partial charge in [0.15, 0.2) is 5.82 Å². The largest absolute Gasteiger partial charge is 0.310 e. The molecular weight excluding hydrogens is 293 g/mol. The highest BCUT2D eigenvalue weighted by atomic mass is 35.5. The summed E-state index contributed by atoms with van der Waals surface area (Å²) in [5, 5.41) is 4.52. The fourth-order valence-electron chi connectivity index (χ4n) is 2.14. The van der Waals surface area contributed by atoms with Gasteiger partial charge in [0, 0.05) is 39.1 Å². The van der Waals surface area contributed by atoms with Crippen molar-refractivity contribution in [3.05, 3.63) is 45.7 Å². The van der Waals surface area contributed by atoms with Crippen LogP contribution in [-0.2, 0) is 0 Å². The van der Waals surface area contributed by atoms with E-state index in [-0.39, 0.29) is 6.04 Å². The highest BCUT2D eigenvalue weighted by Crippen LogP contribution is 2.26. The van der Waals surface area contributed by atoms with E-state index in [1.165, 1.54) is 0 Å². The number of hydrogen-bond acceptors (Lipinski definition) is 3. The van der Waals surface area contributed by atoms with Gasteiger partial charge >= 0.3 is 0 Å². The zero-order valence-electron chi connectivity index (χ0n) is 11.7. The first-order valence-corrected chi connectivity index (χ1v) is 7.30. The van der Waals surface area contributed by atoms with Gasteiger partial charge in [-0.05, 0) is 38.6 Å². The molecule has 0 radical (unpaired) electrons. The molecule has 0 aliphatic carbocycles. The van der Waals surface area contributed by atoms with Crippen LogP contribution in [0.3, 0.4) is 0 Å². The second-order valence-corrected chi connectivity index (χ2v) is 5.54. The van der Waals surface area contributed by atoms with Crippen molar-refractivity contribution >= 4 is 23.2 Å². The van der Waals surface area contributed by atoms with Crippen LogP contribution in [0.2, 0.25) is 10.0 Å². The molecule has 5 heteroatoms. The van der Waals surface area contributed by atoms with E-state index in [1.54, 1.807) is 6.07 Å². The molecule has 20 heavy (non-hydrogen) atoms. The molecular formula is C15H17Cl2N3. The summed E-state index contributed by atoms with van der Waals surface area (Å²) in [6.07, 6.45) is 1.86. The van der Waals surface area contributed by atoms with Gasteiger partial charge in [-0.15, -0.1) is 0 Å². The summed E-state index contributed by atoms with van der Waals surface area (Å²) in [4.78, 5) is 8.99. The summed E-state index contributed by atoms with van der Waals surface area (Å²) in [5.41, 5.74) is 2.89. The van der Waals surface area contributed by atoms with Crippen LogP contribution in [0.1, 0.15) is 31.1 Å². The van der Waals surface area contributed by atoms with E-state index in [0.717, 1.165) is 23.4 Å². The Morgan fingerprint density at radius 3 is 2.40 bits per heavy atom. The van der Waals surface area contributed by atoms with Gasteiger partial charge in [0.1, 0.15) is 0 Å². The molecule has 1 atom stereocenters. The predicted molar refractivity (Wildman–Crippen MR) is 84.3 cm³/mol. The lowest BCUT2D eigenvalue weighted by atomic mass is 10.1. The van der Waals surface area contributed by atoms with Crippen molar-refractivity contribution in [3.63, 3.8) is 0 Å². The number of halogens is 2. The summed E-state index contributed by atoms with van der Waals surface area (Å²) in [6.45, 7) is 7.08. The summed E-state index contributed by atoms with van der Waals surface area (Å²) in [7, 11) is 0. The topological polar surface area (TPSA) is 37.8 Å². The van der Waals surface area contributed by atoms with Gasteiger partial charge in [-0.1, -0.05) is 30.1 Å². The Balaban J connectivity index is 2.37. The van der Waals surface area contributed by atoms with Crippen LogP contribution in [0.25, 0.3) is 11.4 Å². The van der Waals surface area contributed by atoms with E-state index in [4.69, 9.17) is 23.2 Å². The molecule has 3 nitrogen and oxygen atoms in total. The SMILES string of the molecule is CCNC(C)c1cnc(-c2cc(Cl)cc(Cl)c2)nc1C. The highest BCUT2D eigenvalue weighted by Gasteiger charge is 2.11. The zero-order chi connectivity index (χ0) is 14.7. The van der Waals surface area contributed by atoms with Crippen molar-refractivity contribution in [2.45, 2.75) is 26.8 Å². The molecule has 0 saturated heterocycles. The second kappa shape index (κ2) is 6.53. The van der Waals surface area contributed by atoms with Crippen LogP contribution in [-0.4, -0.2) is 16.5 Å². The molecule has 2 rings (SSSR count). The molecule has 0 amide bonds. The van der Waals surface area contributed by atoms with E-state index in [2.05, 4.69) is 29.1 Å². The van der Waals surface area contributed by atoms with E-state index in [0.29, 0.717) is 15.9 Å². The Kier molecular flexibility index (Phi) is 4.97. The molecule has 106 valence electrons. The van der Waals surface area contributed by atoms with Crippen LogP contribution >= 0.6 is 23.2 Å². The van der Waals surface area contributed by atoms with Gasteiger partial charge in [0.05, 0.1) is 0 Å². The Hall–Kier alpha value is -1.16. The van der Waals surface area contributed by atoms with Crippen molar-refractivity contribution in [1.29, 1.82) is 0 Å². The molecule has 1 heterocycles. The molecule has 1 N–H and O–H groups in total. The summed E-state index contributed by atoms with van der Waals surface area (Å²) < 4.78 is 0. The van der Waals surface area contributed by atoms with Crippen LogP contribution < -0.4 is 5.32 Å². The number of hydrogen-bond donors (Lipinski definition) is 1. The fraction of sp³-hybridized carbons (Fsp3) is 0.333. The molecule has 1 aromatic heterocycles. The molecule has 1 unspecified atom stereocenters. The van der Waals surface area contributed by atoms with Crippen molar-refractivity contribution < 1.29 is 0 Å². The zero-order valence-corrected chi connectivity index (χ0v) is 13.3. The maximum Gasteiger partial charge on any atom is 0.159 e. The Morgan fingerprint density at radius 2 is 1.85 bits per heavy atom. The maximum absolute atomic E-state index is 6.01. The lowest BCUT2D eigenvalue weighted by molar-refractivity contribution is 0.590. The lowest BCUT2D eigenvalue weighted by Gasteiger charge is -2.15. The normalized spacial score (nSPS) is 12.4. The lowest BCUT2D eigenvalue weighted by Crippen LogP contribution is -2.19. The molecule has 0 fully saturated rings. The quantitative estimate of drug-likeness (QED) is 0.908. The average Bonchev–Trinajstić information content (AvgIpc) is 2.37. The molecule has 0 aliphatic heterocycles. The first kappa shape index (κ1) is 15.2. The van der Waals surface area contributed by atoms with Crippen LogP contribution in [0.4, 0.5) is 0 Å². The van der Waals surface area contributed by atoms with E-state index in [1.807, 2.05) is 25.3 Å². The van der Waals surface area contributed by atoms with Gasteiger partial charge in [-0.2, -0.15) is 0 Å². The number of rotatable bonds is 4. The second-order valence-electron chi connectivity index (χ2n) is 4.67. The van der Waals surface area contributed by atoms with Crippen LogP contribution in [0.15, 0.2) is 24.4 Å². The van der Waals surface area contributed by atoms with E-state index >= 15 is 0 Å². The van der Waals surface area contributed by atoms with Crippen molar-refractivity contribution in [3.8, 4) is 11.4 Å². The third kappa shape index (κ3) is 3.48. The van der Waals surface area contributed by atoms with Gasteiger partial charge in [0.25, 0.3) is 0 Å². The number of benzene rings is 1. The number of nitrogens with one attached hydrogen (secondary N) is 1. The Morgan fingerprint density at radius 1 is 1.20 bits per heavy atom. The highest BCUT2D eigenvalue weighted by molar-refractivity contribution is 6.35. The smallest absolute Gasteiger partial charge is 0.159 e. The Labute approximate surface area is 129 Å². The van der Waals surface area contributed by atoms with Gasteiger partial charge in [-0.3, -0.25) is 0 Å². The maximum atomic E-state index is 6.01. The predicted octanol–water partition coefficient (Wildman–Crippen LogP) is 4.43. The van der Waals surface area contributed by atoms with Gasteiger partial charge in [-0.25, -0.2) is 9.97 Å². The molecule has 0 saturated carbocycles. The van der Waals surface area contributed by atoms with E-state index in [9.17, 15) is 0 Å². The van der Waals surface area contributed by atoms with Gasteiger partial charge in [0.2, 0.25) is 0 Å².